The van der Waals surface area contributed by atoms with E-state index in [4.69, 9.17) is 0 Å². The summed E-state index contributed by atoms with van der Waals surface area (Å²) >= 11 is 0. The first-order valence-electron chi connectivity index (χ1n) is 12.4. The van der Waals surface area contributed by atoms with Crippen molar-refractivity contribution < 1.29 is 9.59 Å². The maximum Gasteiger partial charge on any atom is 0.258 e. The molecule has 5 nitrogen and oxygen atoms in total. The molecular weight excluding hydrogens is 424 g/mol. The number of hydrogen-bond donors (Lipinski definition) is 1. The molecule has 5 heteroatoms. The minimum absolute atomic E-state index is 0.0980. The standard InChI is InChI=1S/C27H30N2O3.C2H6/c1-4-17(2)18-5-10-21(11-6-18)29(3)27(32)20-9-14-25-24(15-20)23(16-26(31)28-25)19-7-12-22(30)13-8-19;1-2/h5-6,9-11,14-17,19H,4,7-8,12-13H2,1-3H3,(H,28,31);1-2H3. The second-order valence-corrected chi connectivity index (χ2v) is 8.93. The van der Waals surface area contributed by atoms with E-state index < -0.39 is 0 Å². The van der Waals surface area contributed by atoms with E-state index in [1.807, 2.05) is 32.0 Å². The number of aromatic nitrogens is 1. The molecule has 1 aliphatic rings. The maximum absolute atomic E-state index is 13.3. The van der Waals surface area contributed by atoms with Gasteiger partial charge in [0.1, 0.15) is 5.78 Å². The molecule has 180 valence electrons. The van der Waals surface area contributed by atoms with Gasteiger partial charge in [0, 0.05) is 48.1 Å². The Hall–Kier alpha value is -3.21. The molecule has 1 fully saturated rings. The van der Waals surface area contributed by atoms with Crippen molar-refractivity contribution in [2.24, 2.45) is 0 Å². The third-order valence-corrected chi connectivity index (χ3v) is 6.87. The smallest absolute Gasteiger partial charge is 0.258 e. The van der Waals surface area contributed by atoms with Gasteiger partial charge in [0.25, 0.3) is 5.91 Å². The highest BCUT2D eigenvalue weighted by Gasteiger charge is 2.23. The Balaban J connectivity index is 0.00000158. The van der Waals surface area contributed by atoms with E-state index in [1.165, 1.54) is 5.56 Å². The zero-order valence-corrected chi connectivity index (χ0v) is 21.0. The third-order valence-electron chi connectivity index (χ3n) is 6.87. The molecular formula is C29H36N2O3. The van der Waals surface area contributed by atoms with Crippen molar-refractivity contribution in [3.8, 4) is 0 Å². The average Bonchev–Trinajstić information content (AvgIpc) is 2.88. The van der Waals surface area contributed by atoms with E-state index in [0.717, 1.165) is 41.4 Å². The van der Waals surface area contributed by atoms with E-state index in [2.05, 4.69) is 31.0 Å². The predicted molar refractivity (Wildman–Crippen MR) is 140 cm³/mol. The number of ketones is 1. The van der Waals surface area contributed by atoms with E-state index in [0.29, 0.717) is 24.3 Å². The lowest BCUT2D eigenvalue weighted by Gasteiger charge is -2.23. The van der Waals surface area contributed by atoms with Crippen LogP contribution in [0.2, 0.25) is 0 Å². The van der Waals surface area contributed by atoms with Crippen LogP contribution in [0.25, 0.3) is 10.9 Å². The number of H-pyrrole nitrogens is 1. The van der Waals surface area contributed by atoms with Crippen LogP contribution >= 0.6 is 0 Å². The minimum atomic E-state index is -0.151. The van der Waals surface area contributed by atoms with Crippen molar-refractivity contribution in [2.75, 3.05) is 11.9 Å². The van der Waals surface area contributed by atoms with Crippen molar-refractivity contribution in [3.05, 3.63) is 75.6 Å². The Morgan fingerprint density at radius 2 is 1.68 bits per heavy atom. The van der Waals surface area contributed by atoms with Gasteiger partial charge >= 0.3 is 0 Å². The van der Waals surface area contributed by atoms with Crippen LogP contribution in [0, 0.1) is 0 Å². The molecule has 1 N–H and O–H groups in total. The summed E-state index contributed by atoms with van der Waals surface area (Å²) in [7, 11) is 1.78. The Labute approximate surface area is 202 Å². The van der Waals surface area contributed by atoms with Crippen LogP contribution in [0.4, 0.5) is 5.69 Å². The number of carbonyl (C=O) groups is 2. The third kappa shape index (κ3) is 5.46. The summed E-state index contributed by atoms with van der Waals surface area (Å²) in [6, 6.07) is 15.2. The summed E-state index contributed by atoms with van der Waals surface area (Å²) in [5.41, 5.74) is 4.19. The molecule has 1 saturated carbocycles. The lowest BCUT2D eigenvalue weighted by molar-refractivity contribution is -0.120. The number of nitrogens with zero attached hydrogens (tertiary/aromatic N) is 1. The molecule has 4 rings (SSSR count). The monoisotopic (exact) mass is 460 g/mol. The van der Waals surface area contributed by atoms with Crippen LogP contribution in [0.3, 0.4) is 0 Å². The van der Waals surface area contributed by atoms with Gasteiger partial charge in [-0.3, -0.25) is 14.4 Å². The predicted octanol–water partition coefficient (Wildman–Crippen LogP) is 6.57. The lowest BCUT2D eigenvalue weighted by Crippen LogP contribution is -2.26. The molecule has 1 aliphatic carbocycles. The minimum Gasteiger partial charge on any atom is -0.322 e. The van der Waals surface area contributed by atoms with Crippen LogP contribution in [-0.2, 0) is 4.79 Å². The molecule has 1 atom stereocenters. The number of benzene rings is 2. The van der Waals surface area contributed by atoms with Gasteiger partial charge in [0.05, 0.1) is 0 Å². The summed E-state index contributed by atoms with van der Waals surface area (Å²) < 4.78 is 0. The summed E-state index contributed by atoms with van der Waals surface area (Å²) in [6.07, 6.45) is 3.67. The van der Waals surface area contributed by atoms with Gasteiger partial charge in [-0.2, -0.15) is 0 Å². The second-order valence-electron chi connectivity index (χ2n) is 8.93. The van der Waals surface area contributed by atoms with Crippen molar-refractivity contribution in [3.63, 3.8) is 0 Å². The van der Waals surface area contributed by atoms with Crippen molar-refractivity contribution in [1.29, 1.82) is 0 Å². The number of anilines is 1. The van der Waals surface area contributed by atoms with Crippen LogP contribution in [0.15, 0.2) is 53.3 Å². The van der Waals surface area contributed by atoms with Gasteiger partial charge in [-0.1, -0.05) is 39.8 Å². The number of hydrogen-bond acceptors (Lipinski definition) is 3. The number of amides is 1. The first-order valence-corrected chi connectivity index (χ1v) is 12.4. The Morgan fingerprint density at radius 1 is 1.03 bits per heavy atom. The summed E-state index contributed by atoms with van der Waals surface area (Å²) in [5, 5.41) is 0.885. The molecule has 0 radical (unpaired) electrons. The van der Waals surface area contributed by atoms with Gasteiger partial charge in [-0.25, -0.2) is 0 Å². The number of nitrogens with one attached hydrogen (secondary N) is 1. The Bertz CT molecular complexity index is 1200. The summed E-state index contributed by atoms with van der Waals surface area (Å²) in [5.74, 6) is 0.835. The summed E-state index contributed by atoms with van der Waals surface area (Å²) in [6.45, 7) is 8.36. The zero-order chi connectivity index (χ0) is 24.8. The highest BCUT2D eigenvalue weighted by atomic mass is 16.2. The molecule has 1 amide bonds. The van der Waals surface area contributed by atoms with Crippen molar-refractivity contribution in [1.82, 2.24) is 4.98 Å². The lowest BCUT2D eigenvalue weighted by atomic mass is 9.82. The fourth-order valence-electron chi connectivity index (χ4n) is 4.57. The van der Waals surface area contributed by atoms with Crippen molar-refractivity contribution in [2.45, 2.75) is 71.6 Å². The fourth-order valence-corrected chi connectivity index (χ4v) is 4.57. The summed E-state index contributed by atoms with van der Waals surface area (Å²) in [4.78, 5) is 41.7. The van der Waals surface area contributed by atoms with Gasteiger partial charge in [0.15, 0.2) is 0 Å². The molecule has 1 unspecified atom stereocenters. The Morgan fingerprint density at radius 3 is 2.29 bits per heavy atom. The molecule has 0 bridgehead atoms. The van der Waals surface area contributed by atoms with Crippen molar-refractivity contribution >= 4 is 28.3 Å². The Kier molecular flexibility index (Phi) is 8.43. The van der Waals surface area contributed by atoms with E-state index in [1.54, 1.807) is 30.1 Å². The molecule has 3 aromatic rings. The van der Waals surface area contributed by atoms with Crippen LogP contribution in [-0.4, -0.2) is 23.7 Å². The second kappa shape index (κ2) is 11.3. The van der Waals surface area contributed by atoms with Gasteiger partial charge < -0.3 is 9.88 Å². The van der Waals surface area contributed by atoms with E-state index >= 15 is 0 Å². The molecule has 2 aromatic carbocycles. The highest BCUT2D eigenvalue weighted by molar-refractivity contribution is 6.07. The molecule has 0 spiro atoms. The molecule has 1 heterocycles. The zero-order valence-electron chi connectivity index (χ0n) is 21.0. The highest BCUT2D eigenvalue weighted by Crippen LogP contribution is 2.34. The molecule has 0 saturated heterocycles. The largest absolute Gasteiger partial charge is 0.322 e. The van der Waals surface area contributed by atoms with Crippen LogP contribution in [0.1, 0.15) is 93.1 Å². The number of aromatic amines is 1. The average molecular weight is 461 g/mol. The molecule has 1 aromatic heterocycles. The maximum atomic E-state index is 13.3. The van der Waals surface area contributed by atoms with Gasteiger partial charge in [-0.05, 0) is 72.6 Å². The van der Waals surface area contributed by atoms with E-state index in [-0.39, 0.29) is 23.2 Å². The SMILES string of the molecule is CC.CCC(C)c1ccc(N(C)C(=O)c2ccc3[nH]c(=O)cc(C4CCC(=O)CC4)c3c2)cc1. The number of Topliss-reactive ketones (excluding diaryl/α,β-unsaturated/α-hetero) is 1. The number of pyridine rings is 1. The number of rotatable bonds is 5. The number of fused-ring (bicyclic) bond motifs is 1. The normalized spacial score (nSPS) is 14.9. The van der Waals surface area contributed by atoms with Crippen LogP contribution < -0.4 is 10.5 Å². The van der Waals surface area contributed by atoms with E-state index in [9.17, 15) is 14.4 Å². The number of carbonyl (C=O) groups excluding carboxylic acids is 2. The molecule has 34 heavy (non-hydrogen) atoms. The quantitative estimate of drug-likeness (QED) is 0.468. The van der Waals surface area contributed by atoms with Crippen LogP contribution in [0.5, 0.6) is 0 Å². The topological polar surface area (TPSA) is 70.2 Å². The fraction of sp³-hybridized carbons (Fsp3) is 0.414. The first kappa shape index (κ1) is 25.4. The first-order chi connectivity index (χ1) is 16.4. The molecule has 0 aliphatic heterocycles. The van der Waals surface area contributed by atoms with Gasteiger partial charge in [0.2, 0.25) is 5.56 Å². The van der Waals surface area contributed by atoms with Gasteiger partial charge in [-0.15, -0.1) is 0 Å².